The monoisotopic (exact) mass is 576 g/mol. The van der Waals surface area contributed by atoms with Crippen molar-refractivity contribution in [1.82, 2.24) is 14.8 Å². The van der Waals surface area contributed by atoms with E-state index in [0.29, 0.717) is 16.7 Å². The number of alkyl halides is 2. The van der Waals surface area contributed by atoms with E-state index in [2.05, 4.69) is 43.8 Å². The maximum Gasteiger partial charge on any atom is 0.268 e. The Morgan fingerprint density at radius 2 is 2.03 bits per heavy atom. The van der Waals surface area contributed by atoms with Crippen LogP contribution in [-0.2, 0) is 11.3 Å². The number of hydrogen-bond donors (Lipinski definition) is 1. The molecule has 1 saturated heterocycles. The van der Waals surface area contributed by atoms with Gasteiger partial charge in [0.1, 0.15) is 6.04 Å². The van der Waals surface area contributed by atoms with Crippen LogP contribution in [0.2, 0.25) is 0 Å². The van der Waals surface area contributed by atoms with Crippen molar-refractivity contribution < 1.29 is 18.4 Å². The van der Waals surface area contributed by atoms with Crippen molar-refractivity contribution in [1.29, 1.82) is 5.26 Å². The minimum atomic E-state index is -3.09. The maximum atomic E-state index is 13.5. The first kappa shape index (κ1) is 21.7. The molecule has 1 aliphatic rings. The Morgan fingerprint density at radius 3 is 2.69 bits per heavy atom. The van der Waals surface area contributed by atoms with E-state index in [9.17, 15) is 18.4 Å². The molecule has 1 aromatic heterocycles. The number of hydrogen-bond acceptors (Lipinski definition) is 3. The van der Waals surface area contributed by atoms with Gasteiger partial charge < -0.3 is 14.8 Å². The second kappa shape index (κ2) is 8.79. The van der Waals surface area contributed by atoms with Crippen LogP contribution in [0.25, 0.3) is 0 Å². The summed E-state index contributed by atoms with van der Waals surface area (Å²) in [6.07, 6.45) is 0.960. The zero-order valence-electron chi connectivity index (χ0n) is 15.0. The number of nitriles is 1. The van der Waals surface area contributed by atoms with Crippen LogP contribution < -0.4 is 5.32 Å². The van der Waals surface area contributed by atoms with Crippen LogP contribution >= 0.6 is 38.5 Å². The van der Waals surface area contributed by atoms with Crippen molar-refractivity contribution in [3.63, 3.8) is 0 Å². The van der Waals surface area contributed by atoms with Gasteiger partial charge in [-0.25, -0.2) is 8.78 Å². The molecule has 1 aromatic carbocycles. The van der Waals surface area contributed by atoms with E-state index < -0.39 is 43.3 Å². The zero-order valence-corrected chi connectivity index (χ0v) is 18.8. The van der Waals surface area contributed by atoms with Crippen LogP contribution in [-0.4, -0.2) is 46.3 Å². The van der Waals surface area contributed by atoms with E-state index in [0.717, 1.165) is 14.0 Å². The van der Waals surface area contributed by atoms with Crippen LogP contribution in [0.1, 0.15) is 22.3 Å². The Balaban J connectivity index is 1.60. The fraction of sp³-hybridized carbons (Fsp3) is 0.316. The quantitative estimate of drug-likeness (QED) is 0.554. The molecule has 1 atom stereocenters. The van der Waals surface area contributed by atoms with E-state index in [1.807, 2.05) is 28.8 Å². The van der Waals surface area contributed by atoms with Gasteiger partial charge >= 0.3 is 0 Å². The van der Waals surface area contributed by atoms with Gasteiger partial charge in [0.25, 0.3) is 11.8 Å². The standard InChI is InChI=1S/C19H16BrF2IN4O2/c20-16-5-13(10-26(16)9-12-1-3-14(23)4-2-12)18(29)25-8-17(28)27-11-19(21,22)6-15(27)7-24/h1-5,10,15H,6,8-9,11H2,(H,25,29)/t15-/m0/s1. The number of benzene rings is 1. The molecule has 29 heavy (non-hydrogen) atoms. The number of aromatic nitrogens is 1. The van der Waals surface area contributed by atoms with Gasteiger partial charge in [-0.15, -0.1) is 0 Å². The number of halogens is 4. The van der Waals surface area contributed by atoms with Gasteiger partial charge in [-0.05, 0) is 62.3 Å². The summed E-state index contributed by atoms with van der Waals surface area (Å²) >= 11 is 5.63. The molecule has 3 rings (SSSR count). The average molecular weight is 577 g/mol. The zero-order chi connectivity index (χ0) is 21.2. The lowest BCUT2D eigenvalue weighted by molar-refractivity contribution is -0.131. The van der Waals surface area contributed by atoms with Gasteiger partial charge in [0.15, 0.2) is 0 Å². The molecule has 1 N–H and O–H groups in total. The number of carbonyl (C=O) groups is 2. The Hall–Kier alpha value is -2.00. The number of likely N-dealkylation sites (tertiary alicyclic amines) is 1. The molecule has 0 bridgehead atoms. The summed E-state index contributed by atoms with van der Waals surface area (Å²) in [6.45, 7) is -0.707. The molecule has 6 nitrogen and oxygen atoms in total. The summed E-state index contributed by atoms with van der Waals surface area (Å²) in [5.41, 5.74) is 1.39. The molecule has 10 heteroatoms. The van der Waals surface area contributed by atoms with E-state index in [-0.39, 0.29) is 0 Å². The first-order valence-corrected chi connectivity index (χ1v) is 10.5. The highest BCUT2D eigenvalue weighted by atomic mass is 127. The van der Waals surface area contributed by atoms with Crippen molar-refractivity contribution >= 4 is 50.3 Å². The van der Waals surface area contributed by atoms with Crippen LogP contribution in [0, 0.1) is 14.9 Å². The largest absolute Gasteiger partial charge is 0.343 e. The van der Waals surface area contributed by atoms with Crippen LogP contribution in [0.4, 0.5) is 8.78 Å². The van der Waals surface area contributed by atoms with Crippen molar-refractivity contribution in [2.24, 2.45) is 0 Å². The molecule has 0 saturated carbocycles. The number of rotatable bonds is 5. The van der Waals surface area contributed by atoms with E-state index >= 15 is 0 Å². The molecule has 152 valence electrons. The fourth-order valence-electron chi connectivity index (χ4n) is 3.06. The third-order valence-corrected chi connectivity index (χ3v) is 5.92. The predicted molar refractivity (Wildman–Crippen MR) is 113 cm³/mol. The van der Waals surface area contributed by atoms with Gasteiger partial charge in [0, 0.05) is 22.7 Å². The Bertz CT molecular complexity index is 972. The third kappa shape index (κ3) is 5.33. The SMILES string of the molecule is N#C[C@@H]1CC(F)(F)CN1C(=O)CNC(=O)c1cc(Br)n(Cc2ccc(I)cc2)c1. The van der Waals surface area contributed by atoms with E-state index in [4.69, 9.17) is 5.26 Å². The minimum Gasteiger partial charge on any atom is -0.343 e. The lowest BCUT2D eigenvalue weighted by Crippen LogP contribution is -2.42. The third-order valence-electron chi connectivity index (χ3n) is 4.51. The number of nitrogens with one attached hydrogen (secondary N) is 1. The van der Waals surface area contributed by atoms with Crippen molar-refractivity contribution in [2.45, 2.75) is 24.9 Å². The normalized spacial score (nSPS) is 17.8. The molecule has 1 aliphatic heterocycles. The molecule has 2 heterocycles. The summed E-state index contributed by atoms with van der Waals surface area (Å²) in [6, 6.07) is 10.1. The van der Waals surface area contributed by atoms with Crippen molar-refractivity contribution in [3.05, 3.63) is 55.8 Å². The van der Waals surface area contributed by atoms with Gasteiger partial charge in [-0.2, -0.15) is 5.26 Å². The Kier molecular flexibility index (Phi) is 6.58. The molecular weight excluding hydrogens is 561 g/mol. The molecule has 0 radical (unpaired) electrons. The molecule has 0 unspecified atom stereocenters. The van der Waals surface area contributed by atoms with Gasteiger partial charge in [-0.3, -0.25) is 9.59 Å². The van der Waals surface area contributed by atoms with Crippen LogP contribution in [0.3, 0.4) is 0 Å². The predicted octanol–water partition coefficient (Wildman–Crippen LogP) is 3.39. The topological polar surface area (TPSA) is 78.1 Å². The Labute approximate surface area is 188 Å². The average Bonchev–Trinajstić information content (AvgIpc) is 3.20. The highest BCUT2D eigenvalue weighted by Gasteiger charge is 2.47. The molecule has 0 spiro atoms. The van der Waals surface area contributed by atoms with Gasteiger partial charge in [0.05, 0.1) is 29.3 Å². The lowest BCUT2D eigenvalue weighted by Gasteiger charge is -2.19. The number of carbonyl (C=O) groups excluding carboxylic acids is 2. The second-order valence-electron chi connectivity index (χ2n) is 6.72. The summed E-state index contributed by atoms with van der Waals surface area (Å²) in [7, 11) is 0. The molecule has 0 aliphatic carbocycles. The minimum absolute atomic E-state index is 0.332. The molecular formula is C19H16BrF2IN4O2. The molecule has 2 amide bonds. The van der Waals surface area contributed by atoms with Crippen molar-refractivity contribution in [3.8, 4) is 6.07 Å². The summed E-state index contributed by atoms with van der Waals surface area (Å²) in [5.74, 6) is -4.29. The number of amides is 2. The van der Waals surface area contributed by atoms with Gasteiger partial charge in [-0.1, -0.05) is 12.1 Å². The van der Waals surface area contributed by atoms with Gasteiger partial charge in [0.2, 0.25) is 5.91 Å². The van der Waals surface area contributed by atoms with Crippen molar-refractivity contribution in [2.75, 3.05) is 13.1 Å². The lowest BCUT2D eigenvalue weighted by atomic mass is 10.2. The first-order chi connectivity index (χ1) is 13.7. The first-order valence-electron chi connectivity index (χ1n) is 8.64. The molecule has 2 aromatic rings. The highest BCUT2D eigenvalue weighted by molar-refractivity contribution is 14.1. The maximum absolute atomic E-state index is 13.5. The summed E-state index contributed by atoms with van der Waals surface area (Å²) in [4.78, 5) is 25.4. The highest BCUT2D eigenvalue weighted by Crippen LogP contribution is 2.31. The smallest absolute Gasteiger partial charge is 0.268 e. The van der Waals surface area contributed by atoms with E-state index in [1.165, 1.54) is 0 Å². The fourth-order valence-corrected chi connectivity index (χ4v) is 3.90. The second-order valence-corrected chi connectivity index (χ2v) is 8.77. The van der Waals surface area contributed by atoms with E-state index in [1.54, 1.807) is 18.3 Å². The number of nitrogens with zero attached hydrogens (tertiary/aromatic N) is 3. The van der Waals surface area contributed by atoms with Crippen LogP contribution in [0.15, 0.2) is 41.1 Å². The van der Waals surface area contributed by atoms with Crippen LogP contribution in [0.5, 0.6) is 0 Å². The Morgan fingerprint density at radius 1 is 1.34 bits per heavy atom. The molecule has 1 fully saturated rings. The summed E-state index contributed by atoms with van der Waals surface area (Å²) < 4.78 is 30.6. The summed E-state index contributed by atoms with van der Waals surface area (Å²) in [5, 5.41) is 11.4.